The molecule has 2 fully saturated rings. The summed E-state index contributed by atoms with van der Waals surface area (Å²) in [5, 5.41) is 0. The molecule has 0 radical (unpaired) electrons. The van der Waals surface area contributed by atoms with Gasteiger partial charge in [-0.1, -0.05) is 6.92 Å². The number of nitrogens with zero attached hydrogens (tertiary/aromatic N) is 1. The van der Waals surface area contributed by atoms with E-state index in [0.29, 0.717) is 6.42 Å². The van der Waals surface area contributed by atoms with Crippen LogP contribution in [0, 0.1) is 0 Å². The van der Waals surface area contributed by atoms with Gasteiger partial charge in [-0.05, 0) is 19.3 Å². The van der Waals surface area contributed by atoms with Gasteiger partial charge in [0.15, 0.2) is 0 Å². The van der Waals surface area contributed by atoms with Crippen molar-refractivity contribution in [2.24, 2.45) is 5.73 Å². The van der Waals surface area contributed by atoms with E-state index in [1.807, 2.05) is 11.8 Å². The third kappa shape index (κ3) is 1.77. The first-order valence-electron chi connectivity index (χ1n) is 5.40. The number of rotatable bonds is 2. The summed E-state index contributed by atoms with van der Waals surface area (Å²) >= 11 is 0. The summed E-state index contributed by atoms with van der Waals surface area (Å²) in [5.41, 5.74) is 5.73. The molecule has 4 nitrogen and oxygen atoms in total. The highest BCUT2D eigenvalue weighted by Crippen LogP contribution is 2.26. The number of nitrogens with two attached hydrogens (primary N) is 1. The second-order valence-electron chi connectivity index (χ2n) is 4.22. The molecule has 2 N–H and O–H groups in total. The molecule has 0 aromatic carbocycles. The van der Waals surface area contributed by atoms with Gasteiger partial charge in [0.05, 0.1) is 18.2 Å². The van der Waals surface area contributed by atoms with Crippen molar-refractivity contribution >= 4 is 5.91 Å². The van der Waals surface area contributed by atoms with Crippen LogP contribution in [0.1, 0.15) is 26.2 Å². The molecule has 2 unspecified atom stereocenters. The number of fused-ring (bicyclic) bond motifs is 2. The van der Waals surface area contributed by atoms with Crippen molar-refractivity contribution in [2.45, 2.75) is 44.4 Å². The topological polar surface area (TPSA) is 55.6 Å². The molecule has 0 aromatic rings. The van der Waals surface area contributed by atoms with E-state index in [-0.39, 0.29) is 24.2 Å². The van der Waals surface area contributed by atoms with Crippen molar-refractivity contribution < 1.29 is 9.53 Å². The van der Waals surface area contributed by atoms with Crippen LogP contribution in [0.3, 0.4) is 0 Å². The van der Waals surface area contributed by atoms with Crippen molar-refractivity contribution in [3.63, 3.8) is 0 Å². The van der Waals surface area contributed by atoms with Gasteiger partial charge in [-0.2, -0.15) is 0 Å². The van der Waals surface area contributed by atoms with Crippen LogP contribution in [0.15, 0.2) is 0 Å². The molecular weight excluding hydrogens is 180 g/mol. The maximum Gasteiger partial charge on any atom is 0.239 e. The van der Waals surface area contributed by atoms with Crippen molar-refractivity contribution in [2.75, 3.05) is 13.1 Å². The molecule has 4 heteroatoms. The van der Waals surface area contributed by atoms with E-state index in [1.54, 1.807) is 0 Å². The predicted molar refractivity (Wildman–Crippen MR) is 52.7 cm³/mol. The lowest BCUT2D eigenvalue weighted by Gasteiger charge is -2.33. The Labute approximate surface area is 84.4 Å². The van der Waals surface area contributed by atoms with E-state index in [9.17, 15) is 4.79 Å². The van der Waals surface area contributed by atoms with Crippen LogP contribution in [-0.4, -0.2) is 42.1 Å². The number of hydrogen-bond acceptors (Lipinski definition) is 3. The lowest BCUT2D eigenvalue weighted by molar-refractivity contribution is -0.141. The minimum Gasteiger partial charge on any atom is -0.371 e. The van der Waals surface area contributed by atoms with Gasteiger partial charge in [-0.25, -0.2) is 0 Å². The lowest BCUT2D eigenvalue weighted by atomic mass is 10.2. The van der Waals surface area contributed by atoms with Crippen LogP contribution in [0.5, 0.6) is 0 Å². The highest BCUT2D eigenvalue weighted by atomic mass is 16.5. The number of carbonyl (C=O) groups is 1. The van der Waals surface area contributed by atoms with E-state index < -0.39 is 0 Å². The monoisotopic (exact) mass is 198 g/mol. The van der Waals surface area contributed by atoms with E-state index in [2.05, 4.69) is 0 Å². The number of ether oxygens (including phenoxy) is 1. The average Bonchev–Trinajstić information content (AvgIpc) is 2.55. The second-order valence-corrected chi connectivity index (χ2v) is 4.22. The Balaban J connectivity index is 1.95. The zero-order valence-electron chi connectivity index (χ0n) is 8.61. The molecule has 80 valence electrons. The highest BCUT2D eigenvalue weighted by molar-refractivity contribution is 5.81. The average molecular weight is 198 g/mol. The van der Waals surface area contributed by atoms with Crippen LogP contribution in [0.2, 0.25) is 0 Å². The van der Waals surface area contributed by atoms with Crippen molar-refractivity contribution in [1.82, 2.24) is 4.90 Å². The minimum atomic E-state index is -0.326. The molecule has 0 saturated carbocycles. The summed E-state index contributed by atoms with van der Waals surface area (Å²) in [7, 11) is 0. The normalized spacial score (nSPS) is 33.1. The number of likely N-dealkylation sites (tertiary alicyclic amines) is 1. The Kier molecular flexibility index (Phi) is 2.74. The number of carbonyl (C=O) groups excluding carboxylic acids is 1. The largest absolute Gasteiger partial charge is 0.371 e. The molecule has 0 aliphatic carbocycles. The molecule has 0 spiro atoms. The quantitative estimate of drug-likeness (QED) is 0.685. The zero-order valence-corrected chi connectivity index (χ0v) is 8.61. The summed E-state index contributed by atoms with van der Waals surface area (Å²) in [6.07, 6.45) is 3.43. The fraction of sp³-hybridized carbons (Fsp3) is 0.900. The van der Waals surface area contributed by atoms with Crippen molar-refractivity contribution in [1.29, 1.82) is 0 Å². The van der Waals surface area contributed by atoms with Crippen LogP contribution >= 0.6 is 0 Å². The van der Waals surface area contributed by atoms with Gasteiger partial charge in [0.2, 0.25) is 5.91 Å². The smallest absolute Gasteiger partial charge is 0.239 e. The molecular formula is C10H18N2O2. The molecule has 14 heavy (non-hydrogen) atoms. The lowest BCUT2D eigenvalue weighted by Crippen LogP contribution is -2.51. The van der Waals surface area contributed by atoms with Gasteiger partial charge < -0.3 is 15.4 Å². The third-order valence-corrected chi connectivity index (χ3v) is 3.11. The van der Waals surface area contributed by atoms with E-state index >= 15 is 0 Å². The molecule has 1 amide bonds. The summed E-state index contributed by atoms with van der Waals surface area (Å²) in [6, 6.07) is -0.326. The first kappa shape index (κ1) is 9.93. The Hall–Kier alpha value is -0.610. The highest BCUT2D eigenvalue weighted by Gasteiger charge is 2.36. The zero-order chi connectivity index (χ0) is 10.1. The van der Waals surface area contributed by atoms with E-state index in [4.69, 9.17) is 10.5 Å². The molecule has 3 atom stereocenters. The third-order valence-electron chi connectivity index (χ3n) is 3.11. The Bertz CT molecular complexity index is 220. The Morgan fingerprint density at radius 1 is 1.50 bits per heavy atom. The van der Waals surface area contributed by atoms with Crippen molar-refractivity contribution in [3.05, 3.63) is 0 Å². The van der Waals surface area contributed by atoms with Crippen LogP contribution in [0.25, 0.3) is 0 Å². The standard InChI is InChI=1S/C10H18N2O2/c1-2-9(11)10(13)12-5-7-3-4-8(6-12)14-7/h7-9H,2-6,11H2,1H3/t7?,8?,9-/m1/s1. The maximum absolute atomic E-state index is 11.8. The predicted octanol–water partition coefficient (Wildman–Crippen LogP) is 0.113. The van der Waals surface area contributed by atoms with Crippen molar-refractivity contribution in [3.8, 4) is 0 Å². The molecule has 2 bridgehead atoms. The summed E-state index contributed by atoms with van der Waals surface area (Å²) in [5.74, 6) is 0.0905. The molecule has 2 aliphatic rings. The Morgan fingerprint density at radius 2 is 2.07 bits per heavy atom. The summed E-state index contributed by atoms with van der Waals surface area (Å²) in [6.45, 7) is 3.42. The molecule has 2 saturated heterocycles. The summed E-state index contributed by atoms with van der Waals surface area (Å²) in [4.78, 5) is 13.7. The second kappa shape index (κ2) is 3.87. The van der Waals surface area contributed by atoms with Gasteiger partial charge in [0, 0.05) is 13.1 Å². The number of hydrogen-bond donors (Lipinski definition) is 1. The van der Waals surface area contributed by atoms with E-state index in [0.717, 1.165) is 25.9 Å². The fourth-order valence-electron chi connectivity index (χ4n) is 2.20. The number of amides is 1. The van der Waals surface area contributed by atoms with Crippen LogP contribution < -0.4 is 5.73 Å². The first-order chi connectivity index (χ1) is 6.70. The van der Waals surface area contributed by atoms with Gasteiger partial charge >= 0.3 is 0 Å². The van der Waals surface area contributed by atoms with Crippen LogP contribution in [0.4, 0.5) is 0 Å². The molecule has 2 aliphatic heterocycles. The fourth-order valence-corrected chi connectivity index (χ4v) is 2.20. The van der Waals surface area contributed by atoms with Gasteiger partial charge in [-0.3, -0.25) is 4.79 Å². The maximum atomic E-state index is 11.8. The Morgan fingerprint density at radius 3 is 2.57 bits per heavy atom. The number of morpholine rings is 1. The SMILES string of the molecule is CC[C@@H](N)C(=O)N1CC2CCC(C1)O2. The van der Waals surface area contributed by atoms with E-state index in [1.165, 1.54) is 0 Å². The van der Waals surface area contributed by atoms with Gasteiger partial charge in [0.25, 0.3) is 0 Å². The van der Waals surface area contributed by atoms with Gasteiger partial charge in [-0.15, -0.1) is 0 Å². The first-order valence-corrected chi connectivity index (χ1v) is 5.40. The van der Waals surface area contributed by atoms with Gasteiger partial charge in [0.1, 0.15) is 0 Å². The summed E-state index contributed by atoms with van der Waals surface area (Å²) < 4.78 is 5.66. The molecule has 2 rings (SSSR count). The van der Waals surface area contributed by atoms with Crippen LogP contribution in [-0.2, 0) is 9.53 Å². The minimum absolute atomic E-state index is 0.0905. The molecule has 2 heterocycles. The molecule has 0 aromatic heterocycles.